The molecule has 0 aromatic rings. The first-order valence-corrected chi connectivity index (χ1v) is 17.5. The second-order valence-corrected chi connectivity index (χ2v) is 13.7. The quantitative estimate of drug-likeness (QED) is 0.162. The van der Waals surface area contributed by atoms with Crippen molar-refractivity contribution in [3.63, 3.8) is 0 Å². The summed E-state index contributed by atoms with van der Waals surface area (Å²) < 4.78 is 5.85. The number of likely N-dealkylation sites (N-methyl/N-ethyl adjacent to an activating group) is 1. The molecular weight excluding hydrogens is 622 g/mol. The summed E-state index contributed by atoms with van der Waals surface area (Å²) in [7, 11) is 1.52. The molecule has 1 aliphatic heterocycles. The lowest BCUT2D eigenvalue weighted by atomic mass is 9.87. The largest absolute Gasteiger partial charge is 0.460 e. The lowest BCUT2D eigenvalue weighted by Crippen LogP contribution is -2.61. The predicted octanol–water partition coefficient (Wildman–Crippen LogP) is 1.02. The molecule has 0 aromatic heterocycles. The summed E-state index contributed by atoms with van der Waals surface area (Å²) in [6.45, 7) is 13.0. The van der Waals surface area contributed by atoms with Crippen molar-refractivity contribution >= 4 is 35.5 Å². The molecule has 1 rings (SSSR count). The van der Waals surface area contributed by atoms with Gasteiger partial charge in [0.25, 0.3) is 0 Å². The molecule has 0 bridgehead atoms. The van der Waals surface area contributed by atoms with Crippen molar-refractivity contribution < 1.29 is 43.7 Å². The number of nitrogens with one attached hydrogen (secondary N) is 4. The zero-order valence-corrected chi connectivity index (χ0v) is 30.3. The summed E-state index contributed by atoms with van der Waals surface area (Å²) in [6.07, 6.45) is 2.39. The van der Waals surface area contributed by atoms with Gasteiger partial charge in [0.2, 0.25) is 29.5 Å². The number of cyclic esters (lactones) is 1. The molecule has 1 fully saturated rings. The Bertz CT molecular complexity index is 1080. The topological polar surface area (TPSA) is 203 Å². The third kappa shape index (κ3) is 13.0. The molecule has 8 atom stereocenters. The molecule has 0 aliphatic carbocycles. The smallest absolute Gasteiger partial charge is 0.325 e. The molecule has 5 amide bonds. The van der Waals surface area contributed by atoms with Gasteiger partial charge in [-0.15, -0.1) is 0 Å². The normalized spacial score (nSPS) is 27.2. The van der Waals surface area contributed by atoms with Crippen LogP contribution in [-0.2, 0) is 33.5 Å². The van der Waals surface area contributed by atoms with E-state index in [0.29, 0.717) is 12.8 Å². The third-order valence-corrected chi connectivity index (χ3v) is 9.08. The van der Waals surface area contributed by atoms with Crippen LogP contribution in [0.2, 0.25) is 0 Å². The molecule has 1 heterocycles. The van der Waals surface area contributed by atoms with Gasteiger partial charge in [0.1, 0.15) is 36.8 Å². The molecule has 1 aliphatic rings. The first-order valence-electron chi connectivity index (χ1n) is 17.5. The van der Waals surface area contributed by atoms with Crippen LogP contribution in [0.4, 0.5) is 0 Å². The highest BCUT2D eigenvalue weighted by Gasteiger charge is 2.39. The Kier molecular flexibility index (Phi) is 18.7. The van der Waals surface area contributed by atoms with E-state index >= 15 is 0 Å². The SMILES string of the molecule is CCCC(CCC)C[C@H]1OC(=O)CNC(=O)[C@H](C(C)O)NC(=O)[C@H](CO)NC(=O)[C@H](C(C)CC)NC(=O)[C@H](CC(C)C)N(C)C(=O)[C@@H]1C. The molecule has 276 valence electrons. The van der Waals surface area contributed by atoms with E-state index in [1.165, 1.54) is 18.9 Å². The molecule has 2 unspecified atom stereocenters. The van der Waals surface area contributed by atoms with Crippen molar-refractivity contribution in [2.24, 2.45) is 23.7 Å². The van der Waals surface area contributed by atoms with E-state index < -0.39 is 96.9 Å². The van der Waals surface area contributed by atoms with Gasteiger partial charge in [0.05, 0.1) is 18.6 Å². The monoisotopic (exact) mass is 683 g/mol. The van der Waals surface area contributed by atoms with E-state index in [1.54, 1.807) is 13.8 Å². The highest BCUT2D eigenvalue weighted by atomic mass is 16.5. The fourth-order valence-electron chi connectivity index (χ4n) is 5.95. The number of aliphatic hydroxyl groups excluding tert-OH is 2. The molecule has 1 saturated heterocycles. The van der Waals surface area contributed by atoms with E-state index in [0.717, 1.165) is 25.7 Å². The van der Waals surface area contributed by atoms with Crippen LogP contribution in [-0.4, -0.2) is 107 Å². The molecule has 14 nitrogen and oxygen atoms in total. The van der Waals surface area contributed by atoms with E-state index in [2.05, 4.69) is 35.1 Å². The van der Waals surface area contributed by atoms with E-state index in [9.17, 15) is 39.0 Å². The molecule has 0 saturated carbocycles. The maximum Gasteiger partial charge on any atom is 0.325 e. The van der Waals surface area contributed by atoms with Crippen LogP contribution in [0.25, 0.3) is 0 Å². The number of nitrogens with zero attached hydrogens (tertiary/aromatic N) is 1. The van der Waals surface area contributed by atoms with Gasteiger partial charge in [-0.1, -0.05) is 80.6 Å². The van der Waals surface area contributed by atoms with E-state index in [1.807, 2.05) is 20.8 Å². The molecule has 0 aromatic carbocycles. The lowest BCUT2D eigenvalue weighted by molar-refractivity contribution is -0.158. The number of carbonyl (C=O) groups is 6. The summed E-state index contributed by atoms with van der Waals surface area (Å²) in [6, 6.07) is -5.17. The highest BCUT2D eigenvalue weighted by Crippen LogP contribution is 2.27. The number of ether oxygens (including phenoxy) is 1. The minimum absolute atomic E-state index is 0.0103. The number of hydrogen-bond acceptors (Lipinski definition) is 9. The number of rotatable bonds is 12. The first-order chi connectivity index (χ1) is 22.5. The van der Waals surface area contributed by atoms with Crippen LogP contribution in [0.1, 0.15) is 100 Å². The van der Waals surface area contributed by atoms with Crippen LogP contribution in [0.5, 0.6) is 0 Å². The molecule has 14 heteroatoms. The van der Waals surface area contributed by atoms with Crippen molar-refractivity contribution in [2.75, 3.05) is 20.2 Å². The van der Waals surface area contributed by atoms with Gasteiger partial charge in [-0.05, 0) is 37.5 Å². The first kappa shape index (κ1) is 42.8. The maximum atomic E-state index is 14.1. The molecule has 6 N–H and O–H groups in total. The third-order valence-electron chi connectivity index (χ3n) is 9.08. The van der Waals surface area contributed by atoms with E-state index in [4.69, 9.17) is 4.74 Å². The van der Waals surface area contributed by atoms with Gasteiger partial charge in [-0.2, -0.15) is 0 Å². The van der Waals surface area contributed by atoms with Gasteiger partial charge < -0.3 is 41.1 Å². The molecule has 0 spiro atoms. The summed E-state index contributed by atoms with van der Waals surface area (Å²) in [5, 5.41) is 30.2. The Balaban J connectivity index is 3.72. The number of aliphatic hydroxyl groups is 2. The van der Waals surface area contributed by atoms with Gasteiger partial charge >= 0.3 is 5.97 Å². The fraction of sp³-hybridized carbons (Fsp3) is 0.824. The minimum Gasteiger partial charge on any atom is -0.460 e. The zero-order chi connectivity index (χ0) is 36.7. The highest BCUT2D eigenvalue weighted by molar-refractivity contribution is 5.96. The van der Waals surface area contributed by atoms with Crippen LogP contribution in [0.15, 0.2) is 0 Å². The number of esters is 1. The van der Waals surface area contributed by atoms with Crippen molar-refractivity contribution in [1.82, 2.24) is 26.2 Å². The van der Waals surface area contributed by atoms with Gasteiger partial charge in [-0.3, -0.25) is 28.8 Å². The number of amides is 5. The van der Waals surface area contributed by atoms with Crippen molar-refractivity contribution in [3.8, 4) is 0 Å². The average Bonchev–Trinajstić information content (AvgIpc) is 3.03. The van der Waals surface area contributed by atoms with Crippen molar-refractivity contribution in [1.29, 1.82) is 0 Å². The van der Waals surface area contributed by atoms with Crippen LogP contribution in [0.3, 0.4) is 0 Å². The second-order valence-electron chi connectivity index (χ2n) is 13.7. The van der Waals surface area contributed by atoms with Crippen molar-refractivity contribution in [2.45, 2.75) is 137 Å². The van der Waals surface area contributed by atoms with E-state index in [-0.39, 0.29) is 18.3 Å². The average molecular weight is 684 g/mol. The fourth-order valence-corrected chi connectivity index (χ4v) is 5.95. The number of carbonyl (C=O) groups excluding carboxylic acids is 6. The van der Waals surface area contributed by atoms with Gasteiger partial charge in [0.15, 0.2) is 0 Å². The Morgan fingerprint density at radius 2 is 1.42 bits per heavy atom. The lowest BCUT2D eigenvalue weighted by Gasteiger charge is -2.35. The molecule has 48 heavy (non-hydrogen) atoms. The van der Waals surface area contributed by atoms with Crippen LogP contribution >= 0.6 is 0 Å². The summed E-state index contributed by atoms with van der Waals surface area (Å²) in [4.78, 5) is 82.1. The Hall–Kier alpha value is -3.26. The minimum atomic E-state index is -1.54. The standard InChI is InChI=1S/C34H61N5O9/c1-10-13-23(14-11-2)16-26-21(7)34(47)39(9)25(15-19(4)5)31(44)37-28(20(6)12-3)33(46)36-24(18-40)30(43)38-29(22(8)41)32(45)35-17-27(42)48-26/h19-26,28-29,40-41H,10-18H2,1-9H3,(H,35,45)(H,36,46)(H,37,44)(H,38,43)/t20?,21-,22?,24+,25+,26-,28+,29+/m1/s1. The summed E-state index contributed by atoms with van der Waals surface area (Å²) >= 11 is 0. The summed E-state index contributed by atoms with van der Waals surface area (Å²) in [5.41, 5.74) is 0. The molecular formula is C34H61N5O9. The summed E-state index contributed by atoms with van der Waals surface area (Å²) in [5.74, 6) is -5.51. The molecule has 0 radical (unpaired) electrons. The predicted molar refractivity (Wildman–Crippen MR) is 180 cm³/mol. The van der Waals surface area contributed by atoms with Gasteiger partial charge in [0, 0.05) is 7.05 Å². The Morgan fingerprint density at radius 3 is 1.92 bits per heavy atom. The van der Waals surface area contributed by atoms with Crippen LogP contribution < -0.4 is 21.3 Å². The Labute approximate surface area is 285 Å². The van der Waals surface area contributed by atoms with Crippen LogP contribution in [0, 0.1) is 23.7 Å². The Morgan fingerprint density at radius 1 is 0.833 bits per heavy atom. The van der Waals surface area contributed by atoms with Crippen molar-refractivity contribution in [3.05, 3.63) is 0 Å². The number of hydrogen-bond donors (Lipinski definition) is 6. The second kappa shape index (κ2) is 21.0. The van der Waals surface area contributed by atoms with Gasteiger partial charge in [-0.25, -0.2) is 0 Å². The maximum absolute atomic E-state index is 14.1. The zero-order valence-electron chi connectivity index (χ0n) is 30.3.